The zero-order valence-corrected chi connectivity index (χ0v) is 12.1. The summed E-state index contributed by atoms with van der Waals surface area (Å²) in [6.45, 7) is 3.21. The number of aromatic amines is 1. The summed E-state index contributed by atoms with van der Waals surface area (Å²) in [5, 5.41) is 0. The number of imidazole rings is 1. The van der Waals surface area contributed by atoms with Crippen LogP contribution in [-0.4, -0.2) is 34.8 Å². The Morgan fingerprint density at radius 2 is 2.00 bits per heavy atom. The van der Waals surface area contributed by atoms with Gasteiger partial charge in [-0.1, -0.05) is 0 Å². The maximum Gasteiger partial charge on any atom is 0.332 e. The third-order valence-corrected chi connectivity index (χ3v) is 2.77. The largest absolute Gasteiger partial charge is 0.517 e. The van der Waals surface area contributed by atoms with E-state index < -0.39 is 0 Å². The molecule has 0 amide bonds. The second-order valence-corrected chi connectivity index (χ2v) is 4.22. The number of carbonyl (C=O) groups is 1. The van der Waals surface area contributed by atoms with Gasteiger partial charge >= 0.3 is 15.5 Å². The molecule has 0 saturated heterocycles. The summed E-state index contributed by atoms with van der Waals surface area (Å²) in [6.07, 6.45) is 1.39. The number of nitrogens with zero attached hydrogens (tertiary/aromatic N) is 3. The monoisotopic (exact) mass is 282 g/mol. The van der Waals surface area contributed by atoms with E-state index in [1.54, 1.807) is 13.6 Å². The highest BCUT2D eigenvalue weighted by molar-refractivity contribution is 6.28. The van der Waals surface area contributed by atoms with Gasteiger partial charge in [0.2, 0.25) is 0 Å². The third-order valence-electron chi connectivity index (χ3n) is 2.28. The lowest BCUT2D eigenvalue weighted by Crippen LogP contribution is -2.36. The lowest BCUT2D eigenvalue weighted by Gasteiger charge is -2.00. The van der Waals surface area contributed by atoms with Crippen LogP contribution < -0.4 is 11.2 Å². The lowest BCUT2D eigenvalue weighted by atomic mass is 10.5. The predicted octanol–water partition coefficient (Wildman–Crippen LogP) is -0.823. The molecule has 0 aliphatic carbocycles. The highest BCUT2D eigenvalue weighted by atomic mass is 28.2. The first-order valence-corrected chi connectivity index (χ1v) is 6.74. The molecule has 0 bridgehead atoms. The van der Waals surface area contributed by atoms with Crippen LogP contribution in [-0.2, 0) is 23.3 Å². The van der Waals surface area contributed by atoms with Crippen molar-refractivity contribution in [3.63, 3.8) is 0 Å². The molecule has 0 spiro atoms. The van der Waals surface area contributed by atoms with E-state index in [-0.39, 0.29) is 27.0 Å². The molecule has 0 aliphatic rings. The molecule has 2 aromatic heterocycles. The molecule has 19 heavy (non-hydrogen) atoms. The van der Waals surface area contributed by atoms with Gasteiger partial charge in [0.25, 0.3) is 11.5 Å². The van der Waals surface area contributed by atoms with Crippen LogP contribution in [0.25, 0.3) is 11.2 Å². The molecular weight excluding hydrogens is 268 g/mol. The summed E-state index contributed by atoms with van der Waals surface area (Å²) in [5.74, 6) is -0.198. The molecule has 0 aromatic carbocycles. The van der Waals surface area contributed by atoms with Gasteiger partial charge in [0.1, 0.15) is 5.52 Å². The number of rotatable bonds is 1. The van der Waals surface area contributed by atoms with Gasteiger partial charge < -0.3 is 9.41 Å². The number of nitrogens with one attached hydrogen (secondary N) is 1. The van der Waals surface area contributed by atoms with Gasteiger partial charge in [-0.3, -0.25) is 18.7 Å². The van der Waals surface area contributed by atoms with Crippen molar-refractivity contribution in [3.05, 3.63) is 27.2 Å². The average Bonchev–Trinajstić information content (AvgIpc) is 2.83. The van der Waals surface area contributed by atoms with Crippen LogP contribution in [0.15, 0.2) is 15.9 Å². The number of H-pyrrole nitrogens is 1. The van der Waals surface area contributed by atoms with Crippen LogP contribution >= 0.6 is 0 Å². The predicted molar refractivity (Wildman–Crippen MR) is 70.0 cm³/mol. The summed E-state index contributed by atoms with van der Waals surface area (Å²) in [5.41, 5.74) is 0.0119. The first-order valence-electron chi connectivity index (χ1n) is 5.33. The standard InChI is InChI=1S/C7H8N4O2.C3H6O2Si/c1-10-5-4(8-3-9-5)6(12)11(2)7(10)13;1-3(4)5-6-2/h3H,1-2H3,(H,8,9);1-2H3. The van der Waals surface area contributed by atoms with Crippen LogP contribution in [0.3, 0.4) is 0 Å². The van der Waals surface area contributed by atoms with Crippen molar-refractivity contribution in [2.24, 2.45) is 14.1 Å². The molecule has 0 fully saturated rings. The van der Waals surface area contributed by atoms with Crippen LogP contribution in [0.4, 0.5) is 0 Å². The molecule has 2 rings (SSSR count). The van der Waals surface area contributed by atoms with Gasteiger partial charge in [0.05, 0.1) is 6.33 Å². The second kappa shape index (κ2) is 6.14. The highest BCUT2D eigenvalue weighted by Crippen LogP contribution is 1.97. The van der Waals surface area contributed by atoms with Crippen molar-refractivity contribution < 1.29 is 9.22 Å². The fraction of sp³-hybridized carbons (Fsp3) is 0.400. The van der Waals surface area contributed by atoms with E-state index in [9.17, 15) is 14.4 Å². The Hall–Kier alpha value is -2.16. The van der Waals surface area contributed by atoms with Crippen molar-refractivity contribution in [1.82, 2.24) is 19.1 Å². The molecule has 0 unspecified atom stereocenters. The Morgan fingerprint density at radius 3 is 2.47 bits per heavy atom. The number of aryl methyl sites for hydroxylation is 1. The minimum atomic E-state index is -0.371. The number of fused-ring (bicyclic) bond motifs is 1. The first kappa shape index (κ1) is 14.9. The number of hydrogen-bond donors (Lipinski definition) is 1. The van der Waals surface area contributed by atoms with Gasteiger partial charge in [0, 0.05) is 21.0 Å². The quantitative estimate of drug-likeness (QED) is 0.689. The van der Waals surface area contributed by atoms with E-state index in [1.807, 2.05) is 0 Å². The summed E-state index contributed by atoms with van der Waals surface area (Å²) < 4.78 is 6.80. The van der Waals surface area contributed by atoms with Crippen LogP contribution in [0, 0.1) is 0 Å². The molecule has 0 atom stereocenters. The van der Waals surface area contributed by atoms with Crippen molar-refractivity contribution in [2.45, 2.75) is 13.5 Å². The van der Waals surface area contributed by atoms with Gasteiger partial charge in [-0.05, 0) is 6.55 Å². The Balaban J connectivity index is 0.000000258. The van der Waals surface area contributed by atoms with Gasteiger partial charge in [-0.15, -0.1) is 0 Å². The Kier molecular flexibility index (Phi) is 4.81. The summed E-state index contributed by atoms with van der Waals surface area (Å²) >= 11 is 0. The zero-order valence-electron chi connectivity index (χ0n) is 11.1. The van der Waals surface area contributed by atoms with Crippen molar-refractivity contribution in [2.75, 3.05) is 0 Å². The molecule has 2 aromatic rings. The van der Waals surface area contributed by atoms with Gasteiger partial charge in [0.15, 0.2) is 5.65 Å². The summed E-state index contributed by atoms with van der Waals surface area (Å²) in [7, 11) is 3.30. The topological polar surface area (TPSA) is 99.0 Å². The van der Waals surface area contributed by atoms with E-state index in [0.29, 0.717) is 11.2 Å². The SMILES string of the molecule is C[Si]OC(C)=O.Cn1c(=O)c2[nH]cnc2n(C)c1=O. The van der Waals surface area contributed by atoms with Crippen molar-refractivity contribution in [3.8, 4) is 0 Å². The molecule has 2 heterocycles. The number of aromatic nitrogens is 4. The van der Waals surface area contributed by atoms with E-state index in [2.05, 4.69) is 14.4 Å². The molecule has 0 aliphatic heterocycles. The van der Waals surface area contributed by atoms with Crippen LogP contribution in [0.2, 0.25) is 6.55 Å². The van der Waals surface area contributed by atoms with E-state index >= 15 is 0 Å². The Bertz CT molecular complexity index is 700. The molecule has 1 N–H and O–H groups in total. The maximum absolute atomic E-state index is 11.4. The molecular formula is C10H14N4O4Si. The van der Waals surface area contributed by atoms with Crippen molar-refractivity contribution >= 4 is 26.9 Å². The summed E-state index contributed by atoms with van der Waals surface area (Å²) in [6, 6.07) is 0. The fourth-order valence-corrected chi connectivity index (χ4v) is 1.70. The Labute approximate surface area is 111 Å². The smallest absolute Gasteiger partial charge is 0.332 e. The van der Waals surface area contributed by atoms with E-state index in [0.717, 1.165) is 4.57 Å². The molecule has 8 nitrogen and oxygen atoms in total. The van der Waals surface area contributed by atoms with E-state index in [1.165, 1.54) is 24.9 Å². The normalized spacial score (nSPS) is 9.89. The average molecular weight is 282 g/mol. The molecule has 102 valence electrons. The summed E-state index contributed by atoms with van der Waals surface area (Å²) in [4.78, 5) is 39.2. The maximum atomic E-state index is 11.4. The van der Waals surface area contributed by atoms with Gasteiger partial charge in [-0.25, -0.2) is 9.78 Å². The van der Waals surface area contributed by atoms with Crippen molar-refractivity contribution in [1.29, 1.82) is 0 Å². The molecule has 2 radical (unpaired) electrons. The second-order valence-electron chi connectivity index (χ2n) is 3.60. The van der Waals surface area contributed by atoms with Crippen LogP contribution in [0.1, 0.15) is 6.92 Å². The minimum absolute atomic E-state index is 0.198. The van der Waals surface area contributed by atoms with Crippen LogP contribution in [0.5, 0.6) is 0 Å². The first-order chi connectivity index (χ1) is 8.90. The third kappa shape index (κ3) is 3.19. The molecule has 0 saturated carbocycles. The number of hydrogen-bond acceptors (Lipinski definition) is 5. The Morgan fingerprint density at radius 1 is 1.37 bits per heavy atom. The van der Waals surface area contributed by atoms with Gasteiger partial charge in [-0.2, -0.15) is 0 Å². The zero-order chi connectivity index (χ0) is 14.6. The minimum Gasteiger partial charge on any atom is -0.517 e. The highest BCUT2D eigenvalue weighted by Gasteiger charge is 2.08. The molecule has 9 heteroatoms. The lowest BCUT2D eigenvalue weighted by molar-refractivity contribution is -0.131. The van der Waals surface area contributed by atoms with E-state index in [4.69, 9.17) is 0 Å². The fourth-order valence-electron chi connectivity index (χ4n) is 1.41. The number of carbonyl (C=O) groups excluding carboxylic acids is 1.